The molecule has 1 aliphatic rings. The normalized spacial score (nSPS) is 24.7. The van der Waals surface area contributed by atoms with Crippen LogP contribution in [0.2, 0.25) is 0 Å². The molecule has 0 saturated carbocycles. The molecule has 5 atom stereocenters. The van der Waals surface area contributed by atoms with Gasteiger partial charge in [0, 0.05) is 33.4 Å². The zero-order chi connectivity index (χ0) is 24.4. The van der Waals surface area contributed by atoms with E-state index in [0.29, 0.717) is 5.75 Å². The summed E-state index contributed by atoms with van der Waals surface area (Å²) in [5, 5.41) is 2.75. The van der Waals surface area contributed by atoms with Gasteiger partial charge in [0.25, 0.3) is 0 Å². The van der Waals surface area contributed by atoms with Crippen LogP contribution in [0.25, 0.3) is 6.08 Å². The number of benzene rings is 1. The summed E-state index contributed by atoms with van der Waals surface area (Å²) in [5.41, 5.74) is 0.354. The molecule has 1 aromatic carbocycles. The third-order valence-electron chi connectivity index (χ3n) is 4.54. The highest BCUT2D eigenvalue weighted by Crippen LogP contribution is 2.32. The lowest BCUT2D eigenvalue weighted by molar-refractivity contribution is -0.211. The van der Waals surface area contributed by atoms with E-state index in [0.717, 1.165) is 5.56 Å². The number of carbonyl (C=O) groups is 4. The van der Waals surface area contributed by atoms with E-state index in [1.54, 1.807) is 0 Å². The number of ether oxygens (including phenoxy) is 4. The smallest absolute Gasteiger partial charge is 0.303 e. The molecular weight excluding hydrogens is 450 g/mol. The van der Waals surface area contributed by atoms with E-state index in [-0.39, 0.29) is 12.5 Å². The largest absolute Gasteiger partial charge is 0.463 e. The number of amides is 1. The maximum atomic E-state index is 11.9. The quantitative estimate of drug-likeness (QED) is 0.420. The molecule has 9 nitrogen and oxygen atoms in total. The number of nitrogens with one attached hydrogen (secondary N) is 1. The third kappa shape index (κ3) is 8.89. The van der Waals surface area contributed by atoms with E-state index >= 15 is 0 Å². The van der Waals surface area contributed by atoms with Crippen molar-refractivity contribution in [1.82, 2.24) is 5.32 Å². The molecule has 1 fully saturated rings. The maximum absolute atomic E-state index is 11.9. The molecule has 10 heteroatoms. The van der Waals surface area contributed by atoms with E-state index in [2.05, 4.69) is 5.32 Å². The first kappa shape index (κ1) is 26.4. The fraction of sp³-hybridized carbons (Fsp3) is 0.478. The second-order valence-electron chi connectivity index (χ2n) is 7.37. The van der Waals surface area contributed by atoms with Gasteiger partial charge >= 0.3 is 17.9 Å². The van der Waals surface area contributed by atoms with E-state index < -0.39 is 47.7 Å². The van der Waals surface area contributed by atoms with Gasteiger partial charge in [0.2, 0.25) is 5.91 Å². The molecule has 33 heavy (non-hydrogen) atoms. The Labute approximate surface area is 197 Å². The van der Waals surface area contributed by atoms with E-state index in [9.17, 15) is 19.2 Å². The minimum Gasteiger partial charge on any atom is -0.463 e. The van der Waals surface area contributed by atoms with Crippen molar-refractivity contribution in [1.29, 1.82) is 0 Å². The fourth-order valence-corrected chi connectivity index (χ4v) is 4.38. The third-order valence-corrected chi connectivity index (χ3v) is 5.66. The van der Waals surface area contributed by atoms with Gasteiger partial charge in [-0.25, -0.2) is 0 Å². The van der Waals surface area contributed by atoms with Crippen molar-refractivity contribution in [3.63, 3.8) is 0 Å². The van der Waals surface area contributed by atoms with Crippen LogP contribution in [0.1, 0.15) is 33.3 Å². The van der Waals surface area contributed by atoms with Crippen molar-refractivity contribution < 1.29 is 38.1 Å². The molecule has 2 rings (SSSR count). The highest BCUT2D eigenvalue weighted by molar-refractivity contribution is 7.99. The molecule has 1 aliphatic heterocycles. The first-order valence-electron chi connectivity index (χ1n) is 10.4. The van der Waals surface area contributed by atoms with Gasteiger partial charge in [0.05, 0.1) is 0 Å². The summed E-state index contributed by atoms with van der Waals surface area (Å²) < 4.78 is 22.0. The molecule has 1 aromatic rings. The average molecular weight is 480 g/mol. The van der Waals surface area contributed by atoms with Gasteiger partial charge < -0.3 is 24.3 Å². The van der Waals surface area contributed by atoms with Gasteiger partial charge in [-0.1, -0.05) is 42.5 Å². The lowest BCUT2D eigenvalue weighted by Crippen LogP contribution is -2.65. The minimum absolute atomic E-state index is 0.214. The molecule has 0 radical (unpaired) electrons. The zero-order valence-electron chi connectivity index (χ0n) is 19.0. The SMILES string of the molecule is CC(=O)N[C@H]1[C@@H](OC(C)=O)[C@H](OC(C)=O)[C@@H](COC(C)=O)O[C@@H]1SCC=Cc1ccccc1. The summed E-state index contributed by atoms with van der Waals surface area (Å²) in [5.74, 6) is -1.64. The Hall–Kier alpha value is -2.85. The summed E-state index contributed by atoms with van der Waals surface area (Å²) in [6.07, 6.45) is 0.862. The van der Waals surface area contributed by atoms with Gasteiger partial charge in [-0.15, -0.1) is 11.8 Å². The number of hydrogen-bond acceptors (Lipinski definition) is 9. The monoisotopic (exact) mass is 479 g/mol. The average Bonchev–Trinajstić information content (AvgIpc) is 2.73. The molecule has 1 saturated heterocycles. The van der Waals surface area contributed by atoms with Crippen LogP contribution >= 0.6 is 11.8 Å². The van der Waals surface area contributed by atoms with Crippen molar-refractivity contribution in [2.24, 2.45) is 0 Å². The molecule has 0 spiro atoms. The van der Waals surface area contributed by atoms with Gasteiger partial charge in [-0.2, -0.15) is 0 Å². The van der Waals surface area contributed by atoms with Gasteiger partial charge in [-0.05, 0) is 5.56 Å². The number of hydrogen-bond donors (Lipinski definition) is 1. The lowest BCUT2D eigenvalue weighted by atomic mass is 9.97. The van der Waals surface area contributed by atoms with Crippen LogP contribution in [-0.4, -0.2) is 66.0 Å². The summed E-state index contributed by atoms with van der Waals surface area (Å²) >= 11 is 1.36. The Morgan fingerprint density at radius 3 is 2.18 bits per heavy atom. The van der Waals surface area contributed by atoms with Crippen LogP contribution in [0, 0.1) is 0 Å². The van der Waals surface area contributed by atoms with Crippen molar-refractivity contribution in [2.75, 3.05) is 12.4 Å². The Kier molecular flexibility index (Phi) is 10.4. The summed E-state index contributed by atoms with van der Waals surface area (Å²) in [6, 6.07) is 8.92. The van der Waals surface area contributed by atoms with E-state index in [1.807, 2.05) is 42.5 Å². The van der Waals surface area contributed by atoms with Crippen LogP contribution < -0.4 is 5.32 Å². The van der Waals surface area contributed by atoms with E-state index in [1.165, 1.54) is 39.5 Å². The molecule has 1 N–H and O–H groups in total. The molecule has 0 aliphatic carbocycles. The first-order valence-corrected chi connectivity index (χ1v) is 11.5. The standard InChI is InChI=1S/C23H29NO8S/c1-14(25)24-20-22(31-17(4)28)21(30-16(3)27)19(13-29-15(2)26)32-23(20)33-12-8-11-18-9-6-5-7-10-18/h5-11,19-23H,12-13H2,1-4H3,(H,24,25)/t19-,20+,21-,22-,23-/m1/s1. The Bertz CT molecular complexity index is 859. The summed E-state index contributed by atoms with van der Waals surface area (Å²) in [4.78, 5) is 46.9. The van der Waals surface area contributed by atoms with Crippen molar-refractivity contribution in [3.8, 4) is 0 Å². The Morgan fingerprint density at radius 1 is 0.970 bits per heavy atom. The number of thioether (sulfide) groups is 1. The molecule has 0 aromatic heterocycles. The molecule has 180 valence electrons. The molecule has 0 bridgehead atoms. The second kappa shape index (κ2) is 13.0. The predicted molar refractivity (Wildman–Crippen MR) is 122 cm³/mol. The molecular formula is C23H29NO8S. The summed E-state index contributed by atoms with van der Waals surface area (Å²) in [6.45, 7) is 4.78. The van der Waals surface area contributed by atoms with Crippen molar-refractivity contribution >= 4 is 41.7 Å². The highest BCUT2D eigenvalue weighted by atomic mass is 32.2. The maximum Gasteiger partial charge on any atom is 0.303 e. The lowest BCUT2D eigenvalue weighted by Gasteiger charge is -2.45. The van der Waals surface area contributed by atoms with Gasteiger partial charge in [-0.3, -0.25) is 19.2 Å². The van der Waals surface area contributed by atoms with Crippen molar-refractivity contribution in [3.05, 3.63) is 42.0 Å². The Morgan fingerprint density at radius 2 is 1.61 bits per heavy atom. The molecule has 1 heterocycles. The van der Waals surface area contributed by atoms with Gasteiger partial charge in [0.15, 0.2) is 12.2 Å². The minimum atomic E-state index is -1.08. The predicted octanol–water partition coefficient (Wildman–Crippen LogP) is 2.09. The van der Waals surface area contributed by atoms with Crippen molar-refractivity contribution in [2.45, 2.75) is 57.5 Å². The number of rotatable bonds is 9. The topological polar surface area (TPSA) is 117 Å². The zero-order valence-corrected chi connectivity index (χ0v) is 19.8. The molecule has 0 unspecified atom stereocenters. The highest BCUT2D eigenvalue weighted by Gasteiger charge is 2.50. The second-order valence-corrected chi connectivity index (χ2v) is 8.50. The first-order chi connectivity index (χ1) is 15.7. The van der Waals surface area contributed by atoms with Crippen LogP contribution in [0.4, 0.5) is 0 Å². The number of carbonyl (C=O) groups excluding carboxylic acids is 4. The number of esters is 3. The van der Waals surface area contributed by atoms with Crippen LogP contribution in [-0.2, 0) is 38.1 Å². The summed E-state index contributed by atoms with van der Waals surface area (Å²) in [7, 11) is 0. The van der Waals surface area contributed by atoms with E-state index in [4.69, 9.17) is 18.9 Å². The van der Waals surface area contributed by atoms with Crippen LogP contribution in [0.15, 0.2) is 36.4 Å². The fourth-order valence-electron chi connectivity index (χ4n) is 3.33. The molecule has 1 amide bonds. The van der Waals surface area contributed by atoms with Gasteiger partial charge in [0.1, 0.15) is 24.2 Å². The van der Waals surface area contributed by atoms with Crippen LogP contribution in [0.3, 0.4) is 0 Å². The van der Waals surface area contributed by atoms with Crippen LogP contribution in [0.5, 0.6) is 0 Å². The Balaban J connectivity index is 2.28.